The third kappa shape index (κ3) is 5.44. The molecule has 3 aromatic rings. The molecule has 0 radical (unpaired) electrons. The summed E-state index contributed by atoms with van der Waals surface area (Å²) in [7, 11) is 1.55. The summed E-state index contributed by atoms with van der Waals surface area (Å²) in [5.41, 5.74) is 1.84. The molecule has 8 nitrogen and oxygen atoms in total. The van der Waals surface area contributed by atoms with Crippen molar-refractivity contribution in [2.75, 3.05) is 20.3 Å². The van der Waals surface area contributed by atoms with Gasteiger partial charge in [-0.15, -0.1) is 0 Å². The quantitative estimate of drug-likeness (QED) is 0.221. The number of carbonyl (C=O) groups excluding carboxylic acids is 4. The van der Waals surface area contributed by atoms with E-state index in [0.29, 0.717) is 25.1 Å². The molecule has 0 saturated carbocycles. The Bertz CT molecular complexity index is 1270. The molecule has 0 aromatic heterocycles. The molecule has 0 saturated heterocycles. The van der Waals surface area contributed by atoms with E-state index in [1.54, 1.807) is 25.3 Å². The second kappa shape index (κ2) is 10.8. The number of hydrogen-bond donors (Lipinski definition) is 1. The van der Waals surface area contributed by atoms with Crippen LogP contribution in [0, 0.1) is 0 Å². The fraction of sp³-hybridized carbons (Fsp3) is 0.185. The van der Waals surface area contributed by atoms with Gasteiger partial charge in [-0.2, -0.15) is 0 Å². The Balaban J connectivity index is 1.42. The zero-order valence-electron chi connectivity index (χ0n) is 19.2. The summed E-state index contributed by atoms with van der Waals surface area (Å²) < 4.78 is 10.4. The molecular formula is C27H24N2O6. The lowest BCUT2D eigenvalue weighted by molar-refractivity contribution is 0.0637. The summed E-state index contributed by atoms with van der Waals surface area (Å²) >= 11 is 0. The predicted molar refractivity (Wildman–Crippen MR) is 127 cm³/mol. The van der Waals surface area contributed by atoms with E-state index in [2.05, 4.69) is 5.32 Å². The Morgan fingerprint density at radius 3 is 2.40 bits per heavy atom. The Morgan fingerprint density at radius 1 is 0.857 bits per heavy atom. The molecule has 0 aliphatic carbocycles. The first kappa shape index (κ1) is 23.8. The number of amides is 3. The predicted octanol–water partition coefficient (Wildman–Crippen LogP) is 3.47. The van der Waals surface area contributed by atoms with Crippen LogP contribution in [0.1, 0.15) is 53.4 Å². The minimum Gasteiger partial charge on any atom is -0.423 e. The monoisotopic (exact) mass is 472 g/mol. The van der Waals surface area contributed by atoms with Crippen LogP contribution in [0.15, 0.2) is 72.8 Å². The highest BCUT2D eigenvalue weighted by Gasteiger charge is 2.35. The van der Waals surface area contributed by atoms with Crippen molar-refractivity contribution in [2.45, 2.75) is 13.0 Å². The molecule has 0 atom stereocenters. The maximum Gasteiger partial charge on any atom is 0.343 e. The summed E-state index contributed by atoms with van der Waals surface area (Å²) in [6.07, 6.45) is 0.520. The van der Waals surface area contributed by atoms with E-state index in [1.165, 1.54) is 24.3 Å². The van der Waals surface area contributed by atoms with Gasteiger partial charge in [0, 0.05) is 32.4 Å². The minimum absolute atomic E-state index is 0.127. The second-order valence-corrected chi connectivity index (χ2v) is 7.95. The summed E-state index contributed by atoms with van der Waals surface area (Å²) in [5, 5.41) is 2.83. The van der Waals surface area contributed by atoms with E-state index in [9.17, 15) is 19.2 Å². The molecule has 0 bridgehead atoms. The average Bonchev–Trinajstić information content (AvgIpc) is 3.12. The molecule has 3 aromatic carbocycles. The van der Waals surface area contributed by atoms with Gasteiger partial charge in [0.2, 0.25) is 0 Å². The number of fused-ring (bicyclic) bond motifs is 1. The van der Waals surface area contributed by atoms with Crippen LogP contribution in [-0.4, -0.2) is 48.9 Å². The van der Waals surface area contributed by atoms with Crippen molar-refractivity contribution in [1.29, 1.82) is 0 Å². The van der Waals surface area contributed by atoms with E-state index in [1.807, 2.05) is 30.3 Å². The van der Waals surface area contributed by atoms with Crippen LogP contribution in [0.2, 0.25) is 0 Å². The van der Waals surface area contributed by atoms with Crippen LogP contribution >= 0.6 is 0 Å². The van der Waals surface area contributed by atoms with Gasteiger partial charge >= 0.3 is 5.97 Å². The van der Waals surface area contributed by atoms with Crippen LogP contribution in [-0.2, 0) is 11.3 Å². The molecule has 3 amide bonds. The molecule has 1 aliphatic rings. The molecule has 35 heavy (non-hydrogen) atoms. The van der Waals surface area contributed by atoms with E-state index >= 15 is 0 Å². The number of benzene rings is 3. The molecule has 1 aliphatic heterocycles. The molecule has 8 heteroatoms. The maximum atomic E-state index is 12.7. The van der Waals surface area contributed by atoms with Gasteiger partial charge in [0.25, 0.3) is 17.7 Å². The fourth-order valence-corrected chi connectivity index (χ4v) is 3.73. The first-order valence-corrected chi connectivity index (χ1v) is 11.1. The van der Waals surface area contributed by atoms with Gasteiger partial charge in [0.05, 0.1) is 16.7 Å². The van der Waals surface area contributed by atoms with Crippen molar-refractivity contribution in [2.24, 2.45) is 0 Å². The summed E-state index contributed by atoms with van der Waals surface area (Å²) in [4.78, 5) is 51.6. The lowest BCUT2D eigenvalue weighted by Gasteiger charge is -2.12. The SMILES string of the molecule is COCCCN1C(=O)c2ccc(C(=O)Oc3cccc(C(=O)NCc4ccccc4)c3)cc2C1=O. The number of hydrogen-bond acceptors (Lipinski definition) is 6. The molecular weight excluding hydrogens is 448 g/mol. The van der Waals surface area contributed by atoms with Gasteiger partial charge in [0.15, 0.2) is 0 Å². The maximum absolute atomic E-state index is 12.7. The number of imide groups is 1. The number of rotatable bonds is 9. The second-order valence-electron chi connectivity index (χ2n) is 7.95. The first-order valence-electron chi connectivity index (χ1n) is 11.1. The number of nitrogens with one attached hydrogen (secondary N) is 1. The Morgan fingerprint density at radius 2 is 1.63 bits per heavy atom. The molecule has 0 fully saturated rings. The highest BCUT2D eigenvalue weighted by Crippen LogP contribution is 2.25. The molecule has 1 heterocycles. The van der Waals surface area contributed by atoms with Gasteiger partial charge in [-0.25, -0.2) is 4.79 Å². The standard InChI is InChI=1S/C27H24N2O6/c1-34-14-6-13-29-25(31)22-12-11-20(16-23(22)26(29)32)27(33)35-21-10-5-9-19(15-21)24(30)28-17-18-7-3-2-4-8-18/h2-5,7-12,15-16H,6,13-14,17H2,1H3,(H,28,30). The van der Waals surface area contributed by atoms with Crippen molar-refractivity contribution in [1.82, 2.24) is 10.2 Å². The first-order chi connectivity index (χ1) is 17.0. The molecule has 0 unspecified atom stereocenters. The van der Waals surface area contributed by atoms with Gasteiger partial charge < -0.3 is 14.8 Å². The van der Waals surface area contributed by atoms with Gasteiger partial charge in [-0.3, -0.25) is 19.3 Å². The van der Waals surface area contributed by atoms with E-state index in [4.69, 9.17) is 9.47 Å². The van der Waals surface area contributed by atoms with Gasteiger partial charge in [0.1, 0.15) is 5.75 Å². The third-order valence-corrected chi connectivity index (χ3v) is 5.54. The van der Waals surface area contributed by atoms with Crippen LogP contribution in [0.3, 0.4) is 0 Å². The van der Waals surface area contributed by atoms with Gasteiger partial charge in [-0.1, -0.05) is 36.4 Å². The number of esters is 1. The highest BCUT2D eigenvalue weighted by atomic mass is 16.5. The number of methoxy groups -OCH3 is 1. The van der Waals surface area contributed by atoms with Gasteiger partial charge in [-0.05, 0) is 48.4 Å². The van der Waals surface area contributed by atoms with E-state index < -0.39 is 17.8 Å². The minimum atomic E-state index is -0.701. The molecule has 0 spiro atoms. The Labute approximate surface area is 202 Å². The van der Waals surface area contributed by atoms with E-state index in [-0.39, 0.29) is 34.9 Å². The van der Waals surface area contributed by atoms with Crippen LogP contribution in [0.5, 0.6) is 5.75 Å². The van der Waals surface area contributed by atoms with Crippen molar-refractivity contribution in [3.63, 3.8) is 0 Å². The van der Waals surface area contributed by atoms with Crippen LogP contribution < -0.4 is 10.1 Å². The Hall–Kier alpha value is -4.30. The lowest BCUT2D eigenvalue weighted by Crippen LogP contribution is -2.31. The third-order valence-electron chi connectivity index (χ3n) is 5.54. The average molecular weight is 472 g/mol. The number of ether oxygens (including phenoxy) is 2. The fourth-order valence-electron chi connectivity index (χ4n) is 3.73. The number of nitrogens with zero attached hydrogens (tertiary/aromatic N) is 1. The number of carbonyl (C=O) groups is 4. The zero-order chi connectivity index (χ0) is 24.8. The van der Waals surface area contributed by atoms with Crippen LogP contribution in [0.25, 0.3) is 0 Å². The van der Waals surface area contributed by atoms with Crippen molar-refractivity contribution in [3.05, 3.63) is 101 Å². The Kier molecular flexibility index (Phi) is 7.32. The lowest BCUT2D eigenvalue weighted by atomic mass is 10.1. The summed E-state index contributed by atoms with van der Waals surface area (Å²) in [6, 6.07) is 20.0. The normalized spacial score (nSPS) is 12.4. The van der Waals surface area contributed by atoms with Crippen molar-refractivity contribution < 1.29 is 28.7 Å². The largest absolute Gasteiger partial charge is 0.423 e. The molecule has 4 rings (SSSR count). The van der Waals surface area contributed by atoms with E-state index in [0.717, 1.165) is 10.5 Å². The zero-order valence-corrected chi connectivity index (χ0v) is 19.2. The molecule has 178 valence electrons. The topological polar surface area (TPSA) is 102 Å². The summed E-state index contributed by atoms with van der Waals surface area (Å²) in [5.74, 6) is -1.66. The highest BCUT2D eigenvalue weighted by molar-refractivity contribution is 6.22. The summed E-state index contributed by atoms with van der Waals surface area (Å²) in [6.45, 7) is 1.03. The molecule has 1 N–H and O–H groups in total. The van der Waals surface area contributed by atoms with Crippen molar-refractivity contribution in [3.8, 4) is 5.75 Å². The smallest absolute Gasteiger partial charge is 0.343 e. The van der Waals surface area contributed by atoms with Crippen LogP contribution in [0.4, 0.5) is 0 Å². The van der Waals surface area contributed by atoms with Crippen molar-refractivity contribution >= 4 is 23.7 Å².